The van der Waals surface area contributed by atoms with Crippen LogP contribution in [0.15, 0.2) is 71.9 Å². The van der Waals surface area contributed by atoms with Gasteiger partial charge in [-0.3, -0.25) is 4.79 Å². The molecule has 0 N–H and O–H groups in total. The molecular formula is C23H15Cl2F3N2O2. The first-order chi connectivity index (χ1) is 15.3. The predicted molar refractivity (Wildman–Crippen MR) is 117 cm³/mol. The molecule has 1 aliphatic heterocycles. The van der Waals surface area contributed by atoms with Crippen LogP contribution in [0.2, 0.25) is 10.0 Å². The fourth-order valence-electron chi connectivity index (χ4n) is 3.37. The Hall–Kier alpha value is -3.03. The number of amides is 1. The van der Waals surface area contributed by atoms with E-state index in [4.69, 9.17) is 28.0 Å². The summed E-state index contributed by atoms with van der Waals surface area (Å²) in [4.78, 5) is 19.8. The molecule has 0 unspecified atom stereocenters. The van der Waals surface area contributed by atoms with Gasteiger partial charge in [-0.25, -0.2) is 0 Å². The lowest BCUT2D eigenvalue weighted by molar-refractivity contribution is -0.137. The van der Waals surface area contributed by atoms with E-state index in [9.17, 15) is 18.0 Å². The third kappa shape index (κ3) is 4.45. The first-order valence-corrected chi connectivity index (χ1v) is 10.2. The standard InChI is InChI=1S/C23H15Cl2F3N2O2/c24-18-8-4-9-19(25)17(18)13-32-29-21-16-7-1-2-10-20(16)30(22(21)31)12-14-5-3-6-15(11-14)23(26,27)28/h1-11H,12-13H2/b29-21-. The maximum atomic E-state index is 13.1. The lowest BCUT2D eigenvalue weighted by Gasteiger charge is -2.17. The molecule has 0 atom stereocenters. The number of hydrogen-bond donors (Lipinski definition) is 0. The lowest BCUT2D eigenvalue weighted by Crippen LogP contribution is -2.29. The molecule has 32 heavy (non-hydrogen) atoms. The van der Waals surface area contributed by atoms with Crippen LogP contribution in [0.4, 0.5) is 18.9 Å². The molecule has 0 bridgehead atoms. The number of halogens is 5. The van der Waals surface area contributed by atoms with Crippen molar-refractivity contribution in [1.29, 1.82) is 0 Å². The highest BCUT2D eigenvalue weighted by molar-refractivity contribution is 6.54. The second kappa shape index (κ2) is 8.84. The molecule has 0 aromatic heterocycles. The van der Waals surface area contributed by atoms with Crippen molar-refractivity contribution in [1.82, 2.24) is 0 Å². The zero-order valence-corrected chi connectivity index (χ0v) is 17.9. The summed E-state index contributed by atoms with van der Waals surface area (Å²) in [7, 11) is 0. The first-order valence-electron chi connectivity index (χ1n) is 9.46. The number of fused-ring (bicyclic) bond motifs is 1. The van der Waals surface area contributed by atoms with Crippen molar-refractivity contribution in [3.05, 3.63) is 99.0 Å². The Morgan fingerprint density at radius 1 is 0.938 bits per heavy atom. The predicted octanol–water partition coefficient (Wildman–Crippen LogP) is 6.48. The molecule has 1 aliphatic rings. The highest BCUT2D eigenvalue weighted by Gasteiger charge is 2.35. The van der Waals surface area contributed by atoms with E-state index in [-0.39, 0.29) is 18.9 Å². The van der Waals surface area contributed by atoms with Crippen LogP contribution >= 0.6 is 23.2 Å². The van der Waals surface area contributed by atoms with E-state index < -0.39 is 17.6 Å². The van der Waals surface area contributed by atoms with Gasteiger partial charge in [-0.1, -0.05) is 64.8 Å². The van der Waals surface area contributed by atoms with Gasteiger partial charge in [-0.15, -0.1) is 0 Å². The van der Waals surface area contributed by atoms with Crippen LogP contribution in [0.5, 0.6) is 0 Å². The third-order valence-corrected chi connectivity index (χ3v) is 5.63. The average Bonchev–Trinajstić information content (AvgIpc) is 3.01. The number of oxime groups is 1. The molecule has 0 aliphatic carbocycles. The van der Waals surface area contributed by atoms with E-state index in [1.165, 1.54) is 17.0 Å². The van der Waals surface area contributed by atoms with Crippen molar-refractivity contribution in [3.8, 4) is 0 Å². The summed E-state index contributed by atoms with van der Waals surface area (Å²) in [6.45, 7) is -0.0970. The topological polar surface area (TPSA) is 41.9 Å². The van der Waals surface area contributed by atoms with E-state index in [0.717, 1.165) is 12.1 Å². The number of carbonyl (C=O) groups is 1. The lowest BCUT2D eigenvalue weighted by atomic mass is 10.1. The number of para-hydroxylation sites is 1. The van der Waals surface area contributed by atoms with Gasteiger partial charge < -0.3 is 9.74 Å². The van der Waals surface area contributed by atoms with Crippen LogP contribution < -0.4 is 4.90 Å². The van der Waals surface area contributed by atoms with Crippen LogP contribution in [0.25, 0.3) is 0 Å². The molecule has 0 spiro atoms. The minimum absolute atomic E-state index is 0.0465. The van der Waals surface area contributed by atoms with Crippen LogP contribution in [-0.2, 0) is 29.0 Å². The Morgan fingerprint density at radius 3 is 2.34 bits per heavy atom. The number of alkyl halides is 3. The smallest absolute Gasteiger partial charge is 0.390 e. The molecular weight excluding hydrogens is 464 g/mol. The molecule has 0 saturated carbocycles. The molecule has 0 saturated heterocycles. The van der Waals surface area contributed by atoms with Gasteiger partial charge in [0.25, 0.3) is 5.91 Å². The molecule has 4 nitrogen and oxygen atoms in total. The van der Waals surface area contributed by atoms with Gasteiger partial charge >= 0.3 is 6.18 Å². The summed E-state index contributed by atoms with van der Waals surface area (Å²) < 4.78 is 39.2. The minimum Gasteiger partial charge on any atom is -0.390 e. The number of nitrogens with zero attached hydrogens (tertiary/aromatic N) is 2. The van der Waals surface area contributed by atoms with Gasteiger partial charge in [0.1, 0.15) is 6.61 Å². The van der Waals surface area contributed by atoms with Gasteiger partial charge in [0.15, 0.2) is 5.71 Å². The monoisotopic (exact) mass is 478 g/mol. The quantitative estimate of drug-likeness (QED) is 0.393. The van der Waals surface area contributed by atoms with Gasteiger partial charge in [0, 0.05) is 21.2 Å². The maximum absolute atomic E-state index is 13.1. The fourth-order valence-corrected chi connectivity index (χ4v) is 3.87. The zero-order chi connectivity index (χ0) is 22.9. The molecule has 4 rings (SSSR count). The third-order valence-electron chi connectivity index (χ3n) is 4.92. The Balaban J connectivity index is 1.59. The van der Waals surface area contributed by atoms with Crippen molar-refractivity contribution in [2.24, 2.45) is 5.16 Å². The van der Waals surface area contributed by atoms with Crippen molar-refractivity contribution in [2.45, 2.75) is 19.3 Å². The van der Waals surface area contributed by atoms with Gasteiger partial charge in [-0.05, 0) is 35.9 Å². The average molecular weight is 479 g/mol. The summed E-state index contributed by atoms with van der Waals surface area (Å²) in [5.41, 5.74) is 1.20. The molecule has 164 valence electrons. The second-order valence-electron chi connectivity index (χ2n) is 7.02. The Kier molecular flexibility index (Phi) is 6.13. The van der Waals surface area contributed by atoms with Crippen molar-refractivity contribution < 1.29 is 22.8 Å². The molecule has 1 amide bonds. The highest BCUT2D eigenvalue weighted by atomic mass is 35.5. The van der Waals surface area contributed by atoms with E-state index in [0.29, 0.717) is 32.4 Å². The van der Waals surface area contributed by atoms with E-state index in [2.05, 4.69) is 5.16 Å². The van der Waals surface area contributed by atoms with E-state index >= 15 is 0 Å². The number of hydrogen-bond acceptors (Lipinski definition) is 3. The summed E-state index contributed by atoms with van der Waals surface area (Å²) in [5.74, 6) is -0.478. The largest absolute Gasteiger partial charge is 0.416 e. The Morgan fingerprint density at radius 2 is 1.62 bits per heavy atom. The Bertz CT molecular complexity index is 1190. The summed E-state index contributed by atoms with van der Waals surface area (Å²) in [6, 6.07) is 16.8. The van der Waals surface area contributed by atoms with Crippen LogP contribution in [0, 0.1) is 0 Å². The molecule has 3 aromatic carbocycles. The molecule has 3 aromatic rings. The number of anilines is 1. The fraction of sp³-hybridized carbons (Fsp3) is 0.130. The summed E-state index contributed by atoms with van der Waals surface area (Å²) in [5, 5.41) is 4.81. The van der Waals surface area contributed by atoms with Crippen LogP contribution in [0.1, 0.15) is 22.3 Å². The number of carbonyl (C=O) groups excluding carboxylic acids is 1. The highest BCUT2D eigenvalue weighted by Crippen LogP contribution is 2.33. The number of benzene rings is 3. The summed E-state index contributed by atoms with van der Waals surface area (Å²) >= 11 is 12.2. The van der Waals surface area contributed by atoms with Gasteiger partial charge in [-0.2, -0.15) is 13.2 Å². The van der Waals surface area contributed by atoms with Crippen molar-refractivity contribution in [2.75, 3.05) is 4.90 Å². The van der Waals surface area contributed by atoms with Crippen molar-refractivity contribution >= 4 is 40.5 Å². The van der Waals surface area contributed by atoms with Crippen LogP contribution in [0.3, 0.4) is 0 Å². The van der Waals surface area contributed by atoms with Crippen molar-refractivity contribution in [3.63, 3.8) is 0 Å². The SMILES string of the molecule is O=C1/C(=N\OCc2c(Cl)cccc2Cl)c2ccccc2N1Cc1cccc(C(F)(F)F)c1. The molecule has 9 heteroatoms. The van der Waals surface area contributed by atoms with Crippen LogP contribution in [-0.4, -0.2) is 11.6 Å². The zero-order valence-electron chi connectivity index (χ0n) is 16.4. The second-order valence-corrected chi connectivity index (χ2v) is 7.83. The number of rotatable bonds is 5. The van der Waals surface area contributed by atoms with Gasteiger partial charge in [0.05, 0.1) is 17.8 Å². The first kappa shape index (κ1) is 22.2. The molecule has 0 radical (unpaired) electrons. The Labute approximate surface area is 191 Å². The van der Waals surface area contributed by atoms with Gasteiger partial charge in [0.2, 0.25) is 0 Å². The maximum Gasteiger partial charge on any atom is 0.416 e. The molecule has 0 fully saturated rings. The molecule has 1 heterocycles. The summed E-state index contributed by atoms with van der Waals surface area (Å²) in [6.07, 6.45) is -4.47. The van der Waals surface area contributed by atoms with E-state index in [1.54, 1.807) is 42.5 Å². The van der Waals surface area contributed by atoms with E-state index in [1.807, 2.05) is 0 Å². The minimum atomic E-state index is -4.47. The normalized spacial score (nSPS) is 14.7.